The maximum atomic E-state index is 9.88. The lowest BCUT2D eigenvalue weighted by Crippen LogP contribution is -2.28. The molecule has 1 rings (SSSR count). The van der Waals surface area contributed by atoms with Crippen LogP contribution in [0.25, 0.3) is 0 Å². The Bertz CT molecular complexity index is 366. The number of aliphatic hydroxyl groups is 2. The van der Waals surface area contributed by atoms with Gasteiger partial charge in [-0.1, -0.05) is 31.9 Å². The maximum absolute atomic E-state index is 9.88. The molecular formula is C12H21ClN2O2. The number of halogens is 1. The van der Waals surface area contributed by atoms with Crippen molar-refractivity contribution in [2.75, 3.05) is 0 Å². The molecule has 0 saturated carbocycles. The highest BCUT2D eigenvalue weighted by Crippen LogP contribution is 2.23. The van der Waals surface area contributed by atoms with Crippen molar-refractivity contribution in [3.8, 4) is 0 Å². The first-order valence-electron chi connectivity index (χ1n) is 6.07. The molecular weight excluding hydrogens is 240 g/mol. The average Bonchev–Trinajstić information content (AvgIpc) is 2.56. The van der Waals surface area contributed by atoms with Gasteiger partial charge in [0, 0.05) is 13.5 Å². The van der Waals surface area contributed by atoms with Crippen LogP contribution in [0.5, 0.6) is 0 Å². The Balaban J connectivity index is 2.77. The predicted molar refractivity (Wildman–Crippen MR) is 68.2 cm³/mol. The summed E-state index contributed by atoms with van der Waals surface area (Å²) in [5, 5.41) is 24.5. The second kappa shape index (κ2) is 6.38. The second-order valence-corrected chi connectivity index (χ2v) is 4.69. The molecule has 17 heavy (non-hydrogen) atoms. The summed E-state index contributed by atoms with van der Waals surface area (Å²) in [4.78, 5) is 0. The van der Waals surface area contributed by atoms with Crippen LogP contribution in [0.3, 0.4) is 0 Å². The molecule has 5 heteroatoms. The first kappa shape index (κ1) is 14.5. The minimum atomic E-state index is -0.785. The largest absolute Gasteiger partial charge is 0.390 e. The molecule has 2 unspecified atom stereocenters. The quantitative estimate of drug-likeness (QED) is 0.819. The third-order valence-corrected chi connectivity index (χ3v) is 3.37. The fourth-order valence-corrected chi connectivity index (χ4v) is 2.23. The van der Waals surface area contributed by atoms with Crippen molar-refractivity contribution in [3.63, 3.8) is 0 Å². The van der Waals surface area contributed by atoms with Crippen LogP contribution in [0, 0.1) is 0 Å². The zero-order chi connectivity index (χ0) is 13.0. The summed E-state index contributed by atoms with van der Waals surface area (Å²) in [5.74, 6) is 0. The van der Waals surface area contributed by atoms with Crippen molar-refractivity contribution in [1.29, 1.82) is 0 Å². The van der Waals surface area contributed by atoms with Crippen molar-refractivity contribution < 1.29 is 10.2 Å². The molecule has 0 aliphatic carbocycles. The maximum Gasteiger partial charge on any atom is 0.0854 e. The van der Waals surface area contributed by atoms with Gasteiger partial charge in [0.15, 0.2) is 0 Å². The highest BCUT2D eigenvalue weighted by molar-refractivity contribution is 6.31. The Morgan fingerprint density at radius 1 is 1.29 bits per heavy atom. The third kappa shape index (κ3) is 3.44. The number of nitrogens with zero attached hydrogens (tertiary/aromatic N) is 2. The molecule has 0 bridgehead atoms. The Hall–Kier alpha value is -0.580. The molecule has 1 heterocycles. The van der Waals surface area contributed by atoms with Crippen LogP contribution >= 0.6 is 11.6 Å². The van der Waals surface area contributed by atoms with E-state index in [0.29, 0.717) is 17.9 Å². The van der Waals surface area contributed by atoms with Gasteiger partial charge in [0.25, 0.3) is 0 Å². The van der Waals surface area contributed by atoms with Crippen molar-refractivity contribution in [2.24, 2.45) is 7.05 Å². The Kier molecular flexibility index (Phi) is 5.43. The van der Waals surface area contributed by atoms with Crippen LogP contribution in [0.15, 0.2) is 0 Å². The molecule has 0 aliphatic rings. The topological polar surface area (TPSA) is 58.3 Å². The van der Waals surface area contributed by atoms with Crippen LogP contribution in [0.4, 0.5) is 0 Å². The van der Waals surface area contributed by atoms with Crippen LogP contribution in [0.2, 0.25) is 5.02 Å². The lowest BCUT2D eigenvalue weighted by Gasteiger charge is -2.17. The van der Waals surface area contributed by atoms with Crippen molar-refractivity contribution in [2.45, 2.75) is 51.7 Å². The third-order valence-electron chi connectivity index (χ3n) is 2.93. The molecule has 0 radical (unpaired) electrons. The van der Waals surface area contributed by atoms with Crippen LogP contribution in [-0.2, 0) is 19.9 Å². The summed E-state index contributed by atoms with van der Waals surface area (Å²) in [6.45, 7) is 3.96. The van der Waals surface area contributed by atoms with Gasteiger partial charge in [0.2, 0.25) is 0 Å². The van der Waals surface area contributed by atoms with Gasteiger partial charge in [0.1, 0.15) is 0 Å². The lowest BCUT2D eigenvalue weighted by atomic mass is 10.0. The van der Waals surface area contributed by atoms with E-state index in [4.69, 9.17) is 11.6 Å². The Labute approximate surface area is 107 Å². The summed E-state index contributed by atoms with van der Waals surface area (Å²) in [5.41, 5.74) is 1.62. The lowest BCUT2D eigenvalue weighted by molar-refractivity contribution is 0.0138. The van der Waals surface area contributed by atoms with E-state index in [1.165, 1.54) is 0 Å². The van der Waals surface area contributed by atoms with Gasteiger partial charge in [-0.15, -0.1) is 0 Å². The molecule has 0 aromatic carbocycles. The normalized spacial score (nSPS) is 14.9. The summed E-state index contributed by atoms with van der Waals surface area (Å²) in [6.07, 6.45) is 1.06. The van der Waals surface area contributed by atoms with Crippen molar-refractivity contribution in [1.82, 2.24) is 9.78 Å². The van der Waals surface area contributed by atoms with E-state index in [1.807, 2.05) is 13.8 Å². The second-order valence-electron chi connectivity index (χ2n) is 4.31. The molecule has 0 amide bonds. The zero-order valence-electron chi connectivity index (χ0n) is 10.6. The molecule has 1 aromatic rings. The van der Waals surface area contributed by atoms with E-state index in [-0.39, 0.29) is 0 Å². The van der Waals surface area contributed by atoms with Crippen molar-refractivity contribution in [3.05, 3.63) is 16.4 Å². The first-order valence-corrected chi connectivity index (χ1v) is 6.45. The zero-order valence-corrected chi connectivity index (χ0v) is 11.4. The fourth-order valence-electron chi connectivity index (χ4n) is 1.86. The standard InChI is InChI=1S/C12H21ClN2O2/c1-4-6-10(16)11(17)7-9-12(13)8(5-2)14-15(9)3/h10-11,16-17H,4-7H2,1-3H3. The Morgan fingerprint density at radius 3 is 2.41 bits per heavy atom. The van der Waals surface area contributed by atoms with Gasteiger partial charge in [-0.25, -0.2) is 0 Å². The molecule has 4 nitrogen and oxygen atoms in total. The van der Waals surface area contributed by atoms with Crippen molar-refractivity contribution >= 4 is 11.6 Å². The molecule has 2 N–H and O–H groups in total. The van der Waals surface area contributed by atoms with E-state index in [0.717, 1.165) is 24.2 Å². The van der Waals surface area contributed by atoms with E-state index < -0.39 is 12.2 Å². The minimum absolute atomic E-state index is 0.337. The summed E-state index contributed by atoms with van der Waals surface area (Å²) < 4.78 is 1.68. The van der Waals surface area contributed by atoms with E-state index in [9.17, 15) is 10.2 Å². The summed E-state index contributed by atoms with van der Waals surface area (Å²) >= 11 is 6.18. The van der Waals surface area contributed by atoms with E-state index in [2.05, 4.69) is 5.10 Å². The molecule has 0 spiro atoms. The first-order chi connectivity index (χ1) is 8.01. The summed E-state index contributed by atoms with van der Waals surface area (Å²) in [7, 11) is 1.80. The SMILES string of the molecule is CCCC(O)C(O)Cc1c(Cl)c(CC)nn1C. The van der Waals surface area contributed by atoms with Crippen LogP contribution in [0.1, 0.15) is 38.1 Å². The average molecular weight is 261 g/mol. The van der Waals surface area contributed by atoms with Crippen LogP contribution < -0.4 is 0 Å². The highest BCUT2D eigenvalue weighted by atomic mass is 35.5. The highest BCUT2D eigenvalue weighted by Gasteiger charge is 2.21. The molecule has 98 valence electrons. The number of aryl methyl sites for hydroxylation is 2. The van der Waals surface area contributed by atoms with Crippen LogP contribution in [-0.4, -0.2) is 32.2 Å². The number of hydrogen-bond donors (Lipinski definition) is 2. The molecule has 1 aromatic heterocycles. The minimum Gasteiger partial charge on any atom is -0.390 e. The molecule has 2 atom stereocenters. The van der Waals surface area contributed by atoms with Gasteiger partial charge < -0.3 is 10.2 Å². The monoisotopic (exact) mass is 260 g/mol. The van der Waals surface area contributed by atoms with Gasteiger partial charge in [-0.2, -0.15) is 5.10 Å². The smallest absolute Gasteiger partial charge is 0.0854 e. The Morgan fingerprint density at radius 2 is 1.94 bits per heavy atom. The number of aromatic nitrogens is 2. The summed E-state index contributed by atoms with van der Waals surface area (Å²) in [6, 6.07) is 0. The number of hydrogen-bond acceptors (Lipinski definition) is 3. The molecule has 0 saturated heterocycles. The fraction of sp³-hybridized carbons (Fsp3) is 0.750. The van der Waals surface area contributed by atoms with Gasteiger partial charge in [-0.3, -0.25) is 4.68 Å². The van der Waals surface area contributed by atoms with E-state index in [1.54, 1.807) is 11.7 Å². The molecule has 0 fully saturated rings. The van der Waals surface area contributed by atoms with E-state index >= 15 is 0 Å². The van der Waals surface area contributed by atoms with Gasteiger partial charge in [0.05, 0.1) is 28.6 Å². The number of aliphatic hydroxyl groups excluding tert-OH is 2. The van der Waals surface area contributed by atoms with Gasteiger partial charge >= 0.3 is 0 Å². The number of rotatable bonds is 6. The predicted octanol–water partition coefficient (Wildman–Crippen LogP) is 1.70. The molecule has 0 aliphatic heterocycles. The van der Waals surface area contributed by atoms with Gasteiger partial charge in [-0.05, 0) is 12.8 Å².